The Morgan fingerprint density at radius 3 is 2.62 bits per heavy atom. The fourth-order valence-corrected chi connectivity index (χ4v) is 2.52. The van der Waals surface area contributed by atoms with Crippen molar-refractivity contribution in [2.24, 2.45) is 5.10 Å². The topological polar surface area (TPSA) is 89.0 Å². The molecule has 2 aromatic rings. The van der Waals surface area contributed by atoms with E-state index >= 15 is 0 Å². The molecule has 2 rings (SSSR count). The number of benzene rings is 2. The Morgan fingerprint density at radius 2 is 1.93 bits per heavy atom. The summed E-state index contributed by atoms with van der Waals surface area (Å²) in [7, 11) is 1.51. The Morgan fingerprint density at radius 1 is 1.14 bits per heavy atom. The molecule has 0 aliphatic carbocycles. The Hall–Kier alpha value is -3.79. The highest BCUT2D eigenvalue weighted by atomic mass is 16.5. The van der Waals surface area contributed by atoms with Crippen LogP contribution in [0.2, 0.25) is 0 Å². The third kappa shape index (κ3) is 6.70. The van der Waals surface area contributed by atoms with Gasteiger partial charge in [-0.1, -0.05) is 23.6 Å². The molecule has 29 heavy (non-hydrogen) atoms. The van der Waals surface area contributed by atoms with Crippen molar-refractivity contribution in [2.45, 2.75) is 20.3 Å². The standard InChI is InChI=1S/C22H23N3O4/c1-5-10-29-19-9-7-17(12-20(19)28-4)14-23-25-22(27)13-21(26)24-18-8-6-15(2)11-16(18)3/h1,6-9,11-12,14H,10,13H2,2-4H3,(H,24,26)(H,25,27). The molecule has 0 atom stereocenters. The normalized spacial score (nSPS) is 10.3. The third-order valence-corrected chi connectivity index (χ3v) is 3.88. The van der Waals surface area contributed by atoms with Gasteiger partial charge in [0.25, 0.3) is 0 Å². The van der Waals surface area contributed by atoms with Gasteiger partial charge in [0.1, 0.15) is 13.0 Å². The third-order valence-electron chi connectivity index (χ3n) is 3.88. The van der Waals surface area contributed by atoms with Crippen molar-refractivity contribution in [3.8, 4) is 23.8 Å². The molecule has 0 aromatic heterocycles. The molecule has 0 saturated heterocycles. The molecular formula is C22H23N3O4. The largest absolute Gasteiger partial charge is 0.493 e. The van der Waals surface area contributed by atoms with Gasteiger partial charge in [0.15, 0.2) is 11.5 Å². The van der Waals surface area contributed by atoms with E-state index in [1.54, 1.807) is 18.2 Å². The SMILES string of the molecule is C#CCOc1ccc(C=NNC(=O)CC(=O)Nc2ccc(C)cc2C)cc1OC. The van der Waals surface area contributed by atoms with Crippen LogP contribution in [0, 0.1) is 26.2 Å². The van der Waals surface area contributed by atoms with Crippen LogP contribution in [0.5, 0.6) is 11.5 Å². The summed E-state index contributed by atoms with van der Waals surface area (Å²) in [6, 6.07) is 10.8. The van der Waals surface area contributed by atoms with Crippen LogP contribution in [-0.2, 0) is 9.59 Å². The van der Waals surface area contributed by atoms with Crippen molar-refractivity contribution >= 4 is 23.7 Å². The van der Waals surface area contributed by atoms with Crippen molar-refractivity contribution in [2.75, 3.05) is 19.0 Å². The zero-order valence-corrected chi connectivity index (χ0v) is 16.6. The van der Waals surface area contributed by atoms with Crippen molar-refractivity contribution in [1.82, 2.24) is 5.43 Å². The molecule has 2 N–H and O–H groups in total. The van der Waals surface area contributed by atoms with Crippen molar-refractivity contribution in [3.63, 3.8) is 0 Å². The van der Waals surface area contributed by atoms with Crippen molar-refractivity contribution < 1.29 is 19.1 Å². The number of hydrogen-bond acceptors (Lipinski definition) is 5. The number of rotatable bonds is 8. The Kier molecular flexibility index (Phi) is 7.80. The van der Waals surface area contributed by atoms with E-state index in [1.165, 1.54) is 13.3 Å². The highest BCUT2D eigenvalue weighted by Gasteiger charge is 2.10. The molecule has 0 fully saturated rings. The number of ether oxygens (including phenoxy) is 2. The van der Waals surface area contributed by atoms with Gasteiger partial charge in [-0.15, -0.1) is 6.42 Å². The van der Waals surface area contributed by atoms with Crippen LogP contribution in [-0.4, -0.2) is 31.7 Å². The number of aryl methyl sites for hydroxylation is 2. The highest BCUT2D eigenvalue weighted by Crippen LogP contribution is 2.27. The fourth-order valence-electron chi connectivity index (χ4n) is 2.52. The average molecular weight is 393 g/mol. The van der Waals surface area contributed by atoms with E-state index in [1.807, 2.05) is 32.0 Å². The van der Waals surface area contributed by atoms with Crippen molar-refractivity contribution in [3.05, 3.63) is 53.1 Å². The van der Waals surface area contributed by atoms with E-state index < -0.39 is 11.8 Å². The van der Waals surface area contributed by atoms with Crippen molar-refractivity contribution in [1.29, 1.82) is 0 Å². The summed E-state index contributed by atoms with van der Waals surface area (Å²) in [4.78, 5) is 24.0. The van der Waals surface area contributed by atoms with Gasteiger partial charge in [0.05, 0.1) is 13.3 Å². The van der Waals surface area contributed by atoms with Crippen LogP contribution < -0.4 is 20.2 Å². The molecule has 2 amide bonds. The Balaban J connectivity index is 1.88. The van der Waals surface area contributed by atoms with Gasteiger partial charge in [0, 0.05) is 5.69 Å². The van der Waals surface area contributed by atoms with Gasteiger partial charge in [-0.05, 0) is 49.2 Å². The second kappa shape index (κ2) is 10.5. The summed E-state index contributed by atoms with van der Waals surface area (Å²) >= 11 is 0. The molecule has 0 aliphatic heterocycles. The fraction of sp³-hybridized carbons (Fsp3) is 0.227. The number of terminal acetylenes is 1. The number of methoxy groups -OCH3 is 1. The lowest BCUT2D eigenvalue weighted by atomic mass is 10.1. The molecule has 2 aromatic carbocycles. The number of amides is 2. The maximum Gasteiger partial charge on any atom is 0.249 e. The molecule has 0 aliphatic rings. The van der Waals surface area contributed by atoms with Gasteiger partial charge in [-0.25, -0.2) is 5.43 Å². The van der Waals surface area contributed by atoms with Crippen LogP contribution in [0.3, 0.4) is 0 Å². The second-order valence-corrected chi connectivity index (χ2v) is 6.24. The Bertz CT molecular complexity index is 961. The van der Waals surface area contributed by atoms with E-state index in [-0.39, 0.29) is 13.0 Å². The first-order valence-corrected chi connectivity index (χ1v) is 8.86. The maximum atomic E-state index is 12.0. The Labute approximate surface area is 170 Å². The minimum atomic E-state index is -0.524. The van der Waals surface area contributed by atoms with Crippen LogP contribution in [0.1, 0.15) is 23.1 Å². The number of anilines is 1. The van der Waals surface area contributed by atoms with Gasteiger partial charge in [0.2, 0.25) is 11.8 Å². The lowest BCUT2D eigenvalue weighted by Crippen LogP contribution is -2.24. The summed E-state index contributed by atoms with van der Waals surface area (Å²) in [5.41, 5.74) is 5.71. The predicted octanol–water partition coefficient (Wildman–Crippen LogP) is 2.80. The summed E-state index contributed by atoms with van der Waals surface area (Å²) in [6.45, 7) is 3.99. The van der Waals surface area contributed by atoms with Crippen LogP contribution in [0.25, 0.3) is 0 Å². The van der Waals surface area contributed by atoms with Gasteiger partial charge in [-0.3, -0.25) is 9.59 Å². The maximum absolute atomic E-state index is 12.0. The van der Waals surface area contributed by atoms with E-state index in [0.717, 1.165) is 11.1 Å². The van der Waals surface area contributed by atoms with Crippen LogP contribution in [0.15, 0.2) is 41.5 Å². The summed E-state index contributed by atoms with van der Waals surface area (Å²) in [5.74, 6) is 2.44. The lowest BCUT2D eigenvalue weighted by molar-refractivity contribution is -0.126. The average Bonchev–Trinajstić information content (AvgIpc) is 2.68. The number of nitrogens with zero attached hydrogens (tertiary/aromatic N) is 1. The molecule has 0 bridgehead atoms. The van der Waals surface area contributed by atoms with Gasteiger partial charge >= 0.3 is 0 Å². The number of carbonyl (C=O) groups is 2. The number of nitrogens with one attached hydrogen (secondary N) is 2. The smallest absolute Gasteiger partial charge is 0.249 e. The van der Waals surface area contributed by atoms with E-state index in [2.05, 4.69) is 21.8 Å². The molecule has 0 saturated carbocycles. The van der Waals surface area contributed by atoms with Gasteiger partial charge < -0.3 is 14.8 Å². The minimum Gasteiger partial charge on any atom is -0.493 e. The summed E-state index contributed by atoms with van der Waals surface area (Å²) in [6.07, 6.45) is 6.27. The zero-order valence-electron chi connectivity index (χ0n) is 16.6. The van der Waals surface area contributed by atoms with E-state index in [0.29, 0.717) is 22.7 Å². The minimum absolute atomic E-state index is 0.129. The molecule has 0 unspecified atom stereocenters. The van der Waals surface area contributed by atoms with E-state index in [4.69, 9.17) is 15.9 Å². The molecule has 0 heterocycles. The summed E-state index contributed by atoms with van der Waals surface area (Å²) < 4.78 is 10.6. The molecule has 7 heteroatoms. The number of hydrazone groups is 1. The molecular weight excluding hydrogens is 370 g/mol. The van der Waals surface area contributed by atoms with E-state index in [9.17, 15) is 9.59 Å². The summed E-state index contributed by atoms with van der Waals surface area (Å²) in [5, 5.41) is 6.58. The molecule has 0 spiro atoms. The molecule has 0 radical (unpaired) electrons. The van der Waals surface area contributed by atoms with Gasteiger partial charge in [-0.2, -0.15) is 5.10 Å². The molecule has 150 valence electrons. The zero-order chi connectivity index (χ0) is 21.2. The first-order valence-electron chi connectivity index (χ1n) is 8.86. The number of carbonyl (C=O) groups excluding carboxylic acids is 2. The highest BCUT2D eigenvalue weighted by molar-refractivity contribution is 6.04. The second-order valence-electron chi connectivity index (χ2n) is 6.24. The monoisotopic (exact) mass is 393 g/mol. The predicted molar refractivity (Wildman–Crippen MR) is 112 cm³/mol. The van der Waals surface area contributed by atoms with Crippen LogP contribution >= 0.6 is 0 Å². The van der Waals surface area contributed by atoms with Crippen LogP contribution in [0.4, 0.5) is 5.69 Å². The quantitative estimate of drug-likeness (QED) is 0.312. The first kappa shape index (κ1) is 21.5. The number of hydrogen-bond donors (Lipinski definition) is 2. The first-order chi connectivity index (χ1) is 13.9. The molecule has 7 nitrogen and oxygen atoms in total. The lowest BCUT2D eigenvalue weighted by Gasteiger charge is -2.09.